The van der Waals surface area contributed by atoms with Gasteiger partial charge < -0.3 is 15.5 Å². The summed E-state index contributed by atoms with van der Waals surface area (Å²) in [5.74, 6) is 0.00547. The summed E-state index contributed by atoms with van der Waals surface area (Å²) < 4.78 is 0. The molecule has 102 valence electrons. The van der Waals surface area contributed by atoms with Crippen LogP contribution in [0.25, 0.3) is 0 Å². The summed E-state index contributed by atoms with van der Waals surface area (Å²) in [4.78, 5) is 24.8. The van der Waals surface area contributed by atoms with Crippen molar-refractivity contribution in [2.75, 3.05) is 29.9 Å². The van der Waals surface area contributed by atoms with Gasteiger partial charge in [0.25, 0.3) is 0 Å². The zero-order valence-corrected chi connectivity index (χ0v) is 11.3. The zero-order chi connectivity index (χ0) is 13.8. The number of carbonyl (C=O) groups is 2. The monoisotopic (exact) mass is 261 g/mol. The number of amides is 2. The molecule has 0 aromatic heterocycles. The molecule has 0 radical (unpaired) electrons. The van der Waals surface area contributed by atoms with Crippen molar-refractivity contribution in [2.24, 2.45) is 0 Å². The average molecular weight is 261 g/mol. The van der Waals surface area contributed by atoms with Crippen LogP contribution in [0.15, 0.2) is 18.2 Å². The van der Waals surface area contributed by atoms with Crippen molar-refractivity contribution in [3.8, 4) is 0 Å². The Bertz CT molecular complexity index is 499. The second-order valence-electron chi connectivity index (χ2n) is 4.59. The molecule has 0 spiro atoms. The normalized spacial score (nSPS) is 13.3. The van der Waals surface area contributed by atoms with Gasteiger partial charge in [-0.1, -0.05) is 6.92 Å². The van der Waals surface area contributed by atoms with E-state index in [2.05, 4.69) is 10.6 Å². The van der Waals surface area contributed by atoms with Gasteiger partial charge in [0.1, 0.15) is 0 Å². The van der Waals surface area contributed by atoms with Gasteiger partial charge in [0.2, 0.25) is 11.8 Å². The minimum atomic E-state index is -0.0526. The molecule has 1 aromatic carbocycles. The van der Waals surface area contributed by atoms with Gasteiger partial charge in [-0.2, -0.15) is 0 Å². The van der Waals surface area contributed by atoms with E-state index in [1.54, 1.807) is 11.8 Å². The fourth-order valence-electron chi connectivity index (χ4n) is 2.25. The van der Waals surface area contributed by atoms with E-state index in [-0.39, 0.29) is 11.8 Å². The van der Waals surface area contributed by atoms with Gasteiger partial charge in [-0.15, -0.1) is 0 Å². The molecule has 0 unspecified atom stereocenters. The van der Waals surface area contributed by atoms with Gasteiger partial charge in [-0.05, 0) is 36.7 Å². The quantitative estimate of drug-likeness (QED) is 0.854. The Morgan fingerprint density at radius 3 is 2.84 bits per heavy atom. The highest BCUT2D eigenvalue weighted by molar-refractivity contribution is 5.96. The molecular weight excluding hydrogens is 242 g/mol. The molecule has 0 saturated carbocycles. The number of fused-ring (bicyclic) bond motifs is 1. The van der Waals surface area contributed by atoms with Crippen LogP contribution in [-0.2, 0) is 16.0 Å². The van der Waals surface area contributed by atoms with Crippen LogP contribution >= 0.6 is 0 Å². The lowest BCUT2D eigenvalue weighted by molar-refractivity contribution is -0.116. The Balaban J connectivity index is 2.06. The summed E-state index contributed by atoms with van der Waals surface area (Å²) in [6, 6.07) is 5.68. The number of nitrogens with zero attached hydrogens (tertiary/aromatic N) is 1. The summed E-state index contributed by atoms with van der Waals surface area (Å²) in [6.45, 7) is 5.33. The zero-order valence-electron chi connectivity index (χ0n) is 11.3. The molecule has 1 aliphatic rings. The van der Waals surface area contributed by atoms with Crippen molar-refractivity contribution in [1.29, 1.82) is 0 Å². The number of nitrogens with one attached hydrogen (secondary N) is 2. The first-order valence-corrected chi connectivity index (χ1v) is 6.53. The van der Waals surface area contributed by atoms with Crippen molar-refractivity contribution >= 4 is 23.2 Å². The highest BCUT2D eigenvalue weighted by atomic mass is 16.2. The van der Waals surface area contributed by atoms with Crippen LogP contribution in [0.1, 0.15) is 19.4 Å². The van der Waals surface area contributed by atoms with Crippen LogP contribution in [0.5, 0.6) is 0 Å². The number of rotatable bonds is 4. The van der Waals surface area contributed by atoms with Gasteiger partial charge in [-0.25, -0.2) is 0 Å². The first kappa shape index (κ1) is 13.5. The van der Waals surface area contributed by atoms with Crippen LogP contribution in [0.2, 0.25) is 0 Å². The minimum absolute atomic E-state index is 0.0526. The predicted octanol–water partition coefficient (Wildman–Crippen LogP) is 1.14. The molecule has 0 aliphatic carbocycles. The van der Waals surface area contributed by atoms with Gasteiger partial charge in [0, 0.05) is 24.8 Å². The molecule has 19 heavy (non-hydrogen) atoms. The number of hydrogen-bond donors (Lipinski definition) is 2. The largest absolute Gasteiger partial charge is 0.325 e. The van der Waals surface area contributed by atoms with Crippen LogP contribution in [0.3, 0.4) is 0 Å². The van der Waals surface area contributed by atoms with Gasteiger partial charge >= 0.3 is 0 Å². The van der Waals surface area contributed by atoms with E-state index in [1.165, 1.54) is 0 Å². The van der Waals surface area contributed by atoms with E-state index in [0.29, 0.717) is 6.54 Å². The first-order chi connectivity index (χ1) is 9.11. The highest BCUT2D eigenvalue weighted by Gasteiger charge is 2.22. The van der Waals surface area contributed by atoms with Gasteiger partial charge in [0.05, 0.1) is 6.54 Å². The lowest BCUT2D eigenvalue weighted by atomic mass is 10.1. The Morgan fingerprint density at radius 1 is 1.37 bits per heavy atom. The molecule has 0 atom stereocenters. The van der Waals surface area contributed by atoms with Crippen molar-refractivity contribution < 1.29 is 9.59 Å². The summed E-state index contributed by atoms with van der Waals surface area (Å²) in [5.41, 5.74) is 2.85. The van der Waals surface area contributed by atoms with Gasteiger partial charge in [0.15, 0.2) is 0 Å². The topological polar surface area (TPSA) is 61.4 Å². The number of anilines is 2. The first-order valence-electron chi connectivity index (χ1n) is 6.53. The van der Waals surface area contributed by atoms with Crippen molar-refractivity contribution in [1.82, 2.24) is 5.32 Å². The third kappa shape index (κ3) is 3.12. The van der Waals surface area contributed by atoms with Crippen molar-refractivity contribution in [2.45, 2.75) is 20.3 Å². The second kappa shape index (κ2) is 5.84. The molecule has 0 fully saturated rings. The lowest BCUT2D eigenvalue weighted by Gasteiger charge is -2.15. The summed E-state index contributed by atoms with van der Waals surface area (Å²) >= 11 is 0. The molecule has 2 N–H and O–H groups in total. The van der Waals surface area contributed by atoms with E-state index in [1.807, 2.05) is 25.1 Å². The molecule has 5 heteroatoms. The smallest absolute Gasteiger partial charge is 0.238 e. The molecular formula is C14H19N3O2. The molecule has 0 bridgehead atoms. The minimum Gasteiger partial charge on any atom is -0.325 e. The third-order valence-electron chi connectivity index (χ3n) is 3.17. The van der Waals surface area contributed by atoms with Crippen LogP contribution in [0, 0.1) is 0 Å². The van der Waals surface area contributed by atoms with Crippen LogP contribution < -0.4 is 15.5 Å². The average Bonchev–Trinajstić information content (AvgIpc) is 2.79. The van der Waals surface area contributed by atoms with E-state index >= 15 is 0 Å². The molecule has 1 aliphatic heterocycles. The van der Waals surface area contributed by atoms with E-state index < -0.39 is 0 Å². The Hall–Kier alpha value is -1.88. The number of benzene rings is 1. The van der Waals surface area contributed by atoms with E-state index in [9.17, 15) is 9.59 Å². The summed E-state index contributed by atoms with van der Waals surface area (Å²) in [7, 11) is 0. The van der Waals surface area contributed by atoms with Crippen LogP contribution in [-0.4, -0.2) is 31.4 Å². The number of likely N-dealkylation sites (N-methyl/N-ethyl adjacent to an activating group) is 1. The molecule has 2 rings (SSSR count). The fraction of sp³-hybridized carbons (Fsp3) is 0.429. The Labute approximate surface area is 113 Å². The lowest BCUT2D eigenvalue weighted by Crippen LogP contribution is -2.27. The Kier molecular flexibility index (Phi) is 4.16. The molecule has 1 aromatic rings. The summed E-state index contributed by atoms with van der Waals surface area (Å²) in [5, 5.41) is 5.82. The summed E-state index contributed by atoms with van der Waals surface area (Å²) in [6.07, 6.45) is 0.839. The van der Waals surface area contributed by atoms with E-state index in [4.69, 9.17) is 0 Å². The third-order valence-corrected chi connectivity index (χ3v) is 3.17. The molecule has 1 heterocycles. The molecule has 0 saturated heterocycles. The fourth-order valence-corrected chi connectivity index (χ4v) is 2.25. The van der Waals surface area contributed by atoms with Gasteiger partial charge in [-0.3, -0.25) is 9.59 Å². The van der Waals surface area contributed by atoms with Crippen LogP contribution in [0.4, 0.5) is 11.4 Å². The predicted molar refractivity (Wildman–Crippen MR) is 75.3 cm³/mol. The Morgan fingerprint density at radius 2 is 2.16 bits per heavy atom. The maximum Gasteiger partial charge on any atom is 0.238 e. The molecule has 5 nitrogen and oxygen atoms in total. The maximum absolute atomic E-state index is 11.6. The number of hydrogen-bond acceptors (Lipinski definition) is 3. The highest BCUT2D eigenvalue weighted by Crippen LogP contribution is 2.30. The second-order valence-corrected chi connectivity index (χ2v) is 4.59. The van der Waals surface area contributed by atoms with E-state index in [0.717, 1.165) is 36.4 Å². The number of carbonyl (C=O) groups excluding carboxylic acids is 2. The molecule has 2 amide bonds. The maximum atomic E-state index is 11.6. The van der Waals surface area contributed by atoms with Crippen molar-refractivity contribution in [3.05, 3.63) is 23.8 Å². The van der Waals surface area contributed by atoms with Crippen molar-refractivity contribution in [3.63, 3.8) is 0 Å². The standard InChI is InChI=1S/C14H19N3O2/c1-3-15-9-14(19)16-12-4-5-13-11(8-12)6-7-17(13)10(2)18/h4-5,8,15H,3,6-7,9H2,1-2H3,(H,16,19). The SMILES string of the molecule is CCNCC(=O)Nc1ccc2c(c1)CCN2C(C)=O.